The van der Waals surface area contributed by atoms with Gasteiger partial charge in [0.05, 0.1) is 23.1 Å². The maximum absolute atomic E-state index is 12.6. The monoisotopic (exact) mass is 366 g/mol. The molecular weight excluding hydrogens is 349 g/mol. The number of rotatable bonds is 4. The number of sulfonamides is 1. The fourth-order valence-electron chi connectivity index (χ4n) is 2.38. The van der Waals surface area contributed by atoms with E-state index in [2.05, 4.69) is 4.98 Å². The van der Waals surface area contributed by atoms with E-state index in [1.807, 2.05) is 4.72 Å². The standard InChI is InChI=1S/C14H17F3N2O4S/c1-9-11(5-6-12(18-9)14(15,16)17)13(20)19-24(21,22)8-10-4-2-3-7-23-10/h5-6,10H,2-4,7-8H2,1H3,(H,19,20). The smallest absolute Gasteiger partial charge is 0.377 e. The van der Waals surface area contributed by atoms with Crippen LogP contribution in [0.15, 0.2) is 12.1 Å². The van der Waals surface area contributed by atoms with Crippen LogP contribution >= 0.6 is 0 Å². The third-order valence-corrected chi connectivity index (χ3v) is 4.86. The molecule has 134 valence electrons. The number of ether oxygens (including phenoxy) is 1. The van der Waals surface area contributed by atoms with Crippen molar-refractivity contribution >= 4 is 15.9 Å². The first kappa shape index (κ1) is 18.7. The van der Waals surface area contributed by atoms with Crippen molar-refractivity contribution < 1.29 is 31.1 Å². The van der Waals surface area contributed by atoms with E-state index in [-0.39, 0.29) is 17.0 Å². The average molecular weight is 366 g/mol. The number of aromatic nitrogens is 1. The van der Waals surface area contributed by atoms with Gasteiger partial charge in [-0.15, -0.1) is 0 Å². The van der Waals surface area contributed by atoms with Crippen LogP contribution in [0.2, 0.25) is 0 Å². The summed E-state index contributed by atoms with van der Waals surface area (Å²) in [6.07, 6.45) is -2.84. The van der Waals surface area contributed by atoms with Crippen molar-refractivity contribution in [2.24, 2.45) is 0 Å². The zero-order valence-corrected chi connectivity index (χ0v) is 13.7. The van der Waals surface area contributed by atoms with Crippen LogP contribution in [0.3, 0.4) is 0 Å². The van der Waals surface area contributed by atoms with Crippen LogP contribution in [0, 0.1) is 6.92 Å². The van der Waals surface area contributed by atoms with Gasteiger partial charge in [0, 0.05) is 6.61 Å². The third kappa shape index (κ3) is 4.91. The van der Waals surface area contributed by atoms with Crippen molar-refractivity contribution in [3.63, 3.8) is 0 Å². The van der Waals surface area contributed by atoms with Crippen LogP contribution in [-0.4, -0.2) is 37.8 Å². The van der Waals surface area contributed by atoms with Gasteiger partial charge in [0.2, 0.25) is 10.0 Å². The minimum Gasteiger partial charge on any atom is -0.377 e. The minimum atomic E-state index is -4.63. The van der Waals surface area contributed by atoms with E-state index in [4.69, 9.17) is 4.74 Å². The second kappa shape index (κ2) is 7.06. The quantitative estimate of drug-likeness (QED) is 0.881. The van der Waals surface area contributed by atoms with Crippen molar-refractivity contribution in [1.82, 2.24) is 9.71 Å². The van der Waals surface area contributed by atoms with Gasteiger partial charge >= 0.3 is 6.18 Å². The lowest BCUT2D eigenvalue weighted by atomic mass is 10.1. The summed E-state index contributed by atoms with van der Waals surface area (Å²) in [6.45, 7) is 1.68. The number of nitrogens with zero attached hydrogens (tertiary/aromatic N) is 1. The van der Waals surface area contributed by atoms with E-state index in [1.165, 1.54) is 6.92 Å². The Morgan fingerprint density at radius 2 is 2.08 bits per heavy atom. The fourth-order valence-corrected chi connectivity index (χ4v) is 3.61. The van der Waals surface area contributed by atoms with E-state index < -0.39 is 33.9 Å². The van der Waals surface area contributed by atoms with Crippen molar-refractivity contribution in [2.45, 2.75) is 38.5 Å². The second-order valence-electron chi connectivity index (χ2n) is 5.53. The molecule has 24 heavy (non-hydrogen) atoms. The molecule has 0 saturated carbocycles. The summed E-state index contributed by atoms with van der Waals surface area (Å²) >= 11 is 0. The molecule has 0 radical (unpaired) electrons. The van der Waals surface area contributed by atoms with Crippen LogP contribution in [0.25, 0.3) is 0 Å². The first-order valence-corrected chi connectivity index (χ1v) is 8.95. The van der Waals surface area contributed by atoms with Crippen LogP contribution in [0.5, 0.6) is 0 Å². The van der Waals surface area contributed by atoms with Crippen LogP contribution < -0.4 is 4.72 Å². The maximum Gasteiger partial charge on any atom is 0.433 e. The van der Waals surface area contributed by atoms with Crippen LogP contribution in [-0.2, 0) is 20.9 Å². The van der Waals surface area contributed by atoms with Gasteiger partial charge < -0.3 is 4.74 Å². The van der Waals surface area contributed by atoms with Gasteiger partial charge in [0.25, 0.3) is 5.91 Å². The number of hydrogen-bond acceptors (Lipinski definition) is 5. The molecule has 0 spiro atoms. The van der Waals surface area contributed by atoms with Crippen molar-refractivity contribution in [2.75, 3.05) is 12.4 Å². The van der Waals surface area contributed by atoms with Gasteiger partial charge in [-0.2, -0.15) is 13.2 Å². The molecule has 2 rings (SSSR count). The molecule has 1 amide bonds. The first-order chi connectivity index (χ1) is 11.1. The number of nitrogens with one attached hydrogen (secondary N) is 1. The zero-order chi connectivity index (χ0) is 18.0. The lowest BCUT2D eigenvalue weighted by molar-refractivity contribution is -0.141. The Morgan fingerprint density at radius 1 is 1.38 bits per heavy atom. The number of amides is 1. The molecule has 10 heteroatoms. The molecule has 1 aromatic heterocycles. The van der Waals surface area contributed by atoms with Gasteiger partial charge in [-0.1, -0.05) is 0 Å². The van der Waals surface area contributed by atoms with Crippen molar-refractivity contribution in [1.29, 1.82) is 0 Å². The van der Waals surface area contributed by atoms with Crippen LogP contribution in [0.4, 0.5) is 13.2 Å². The Morgan fingerprint density at radius 3 is 2.62 bits per heavy atom. The molecule has 1 aliphatic heterocycles. The summed E-state index contributed by atoms with van der Waals surface area (Å²) in [7, 11) is -3.96. The molecule has 1 aliphatic rings. The van der Waals surface area contributed by atoms with E-state index >= 15 is 0 Å². The van der Waals surface area contributed by atoms with E-state index in [0.717, 1.165) is 18.9 Å². The Balaban J connectivity index is 2.08. The Labute approximate surface area is 137 Å². The summed E-state index contributed by atoms with van der Waals surface area (Å²) in [5.74, 6) is -1.38. The second-order valence-corrected chi connectivity index (χ2v) is 7.30. The highest BCUT2D eigenvalue weighted by Crippen LogP contribution is 2.28. The highest BCUT2D eigenvalue weighted by Gasteiger charge is 2.33. The number of hydrogen-bond donors (Lipinski definition) is 1. The summed E-state index contributed by atoms with van der Waals surface area (Å²) in [5, 5.41) is 0. The summed E-state index contributed by atoms with van der Waals surface area (Å²) in [4.78, 5) is 15.3. The molecule has 1 unspecified atom stereocenters. The maximum atomic E-state index is 12.6. The molecule has 0 bridgehead atoms. The zero-order valence-electron chi connectivity index (χ0n) is 12.9. The minimum absolute atomic E-state index is 0.202. The molecule has 1 fully saturated rings. The molecule has 0 aromatic carbocycles. The average Bonchev–Trinajstić information content (AvgIpc) is 2.45. The van der Waals surface area contributed by atoms with E-state index in [1.54, 1.807) is 0 Å². The molecule has 1 N–H and O–H groups in total. The molecule has 2 heterocycles. The Bertz CT molecular complexity index is 713. The first-order valence-electron chi connectivity index (χ1n) is 7.30. The number of alkyl halides is 3. The predicted octanol–water partition coefficient (Wildman–Crippen LogP) is 2.04. The molecule has 6 nitrogen and oxygen atoms in total. The topological polar surface area (TPSA) is 85.4 Å². The third-order valence-electron chi connectivity index (χ3n) is 3.55. The largest absolute Gasteiger partial charge is 0.433 e. The van der Waals surface area contributed by atoms with E-state index in [9.17, 15) is 26.4 Å². The van der Waals surface area contributed by atoms with E-state index in [0.29, 0.717) is 19.1 Å². The van der Waals surface area contributed by atoms with Crippen LogP contribution in [0.1, 0.15) is 41.0 Å². The summed E-state index contributed by atoms with van der Waals surface area (Å²) < 4.78 is 68.9. The van der Waals surface area contributed by atoms with Gasteiger partial charge in [-0.3, -0.25) is 4.79 Å². The molecule has 1 aromatic rings. The van der Waals surface area contributed by atoms with Crippen molar-refractivity contribution in [3.05, 3.63) is 29.1 Å². The SMILES string of the molecule is Cc1nc(C(F)(F)F)ccc1C(=O)NS(=O)(=O)CC1CCCCO1. The summed E-state index contributed by atoms with van der Waals surface area (Å²) in [5.41, 5.74) is -1.57. The number of halogens is 3. The number of carbonyl (C=O) groups is 1. The molecule has 1 atom stereocenters. The van der Waals surface area contributed by atoms with Gasteiger partial charge in [0.15, 0.2) is 0 Å². The number of aryl methyl sites for hydroxylation is 1. The predicted molar refractivity (Wildman–Crippen MR) is 78.8 cm³/mol. The van der Waals surface area contributed by atoms with Gasteiger partial charge in [0.1, 0.15) is 5.69 Å². The lowest BCUT2D eigenvalue weighted by Gasteiger charge is -2.22. The molecular formula is C14H17F3N2O4S. The Hall–Kier alpha value is -1.68. The summed E-state index contributed by atoms with van der Waals surface area (Å²) in [6, 6.07) is 1.55. The van der Waals surface area contributed by atoms with Gasteiger partial charge in [-0.25, -0.2) is 18.1 Å². The number of pyridine rings is 1. The molecule has 0 aliphatic carbocycles. The number of carbonyl (C=O) groups excluding carboxylic acids is 1. The molecule has 1 saturated heterocycles. The highest BCUT2D eigenvalue weighted by molar-refractivity contribution is 7.90. The Kier molecular flexibility index (Phi) is 5.49. The van der Waals surface area contributed by atoms with Crippen molar-refractivity contribution in [3.8, 4) is 0 Å². The fraction of sp³-hybridized carbons (Fsp3) is 0.571. The normalized spacial score (nSPS) is 19.1. The highest BCUT2D eigenvalue weighted by atomic mass is 32.2. The van der Waals surface area contributed by atoms with Gasteiger partial charge in [-0.05, 0) is 38.3 Å². The lowest BCUT2D eigenvalue weighted by Crippen LogP contribution is -2.38.